The van der Waals surface area contributed by atoms with E-state index in [0.717, 1.165) is 22.4 Å². The third-order valence-electron chi connectivity index (χ3n) is 6.78. The van der Waals surface area contributed by atoms with Crippen molar-refractivity contribution in [3.63, 3.8) is 0 Å². The molecule has 5 rings (SSSR count). The lowest BCUT2D eigenvalue weighted by molar-refractivity contribution is -0.148. The highest BCUT2D eigenvalue weighted by atomic mass is 35.5. The third kappa shape index (κ3) is 4.90. The first-order chi connectivity index (χ1) is 17.4. The van der Waals surface area contributed by atoms with Crippen molar-refractivity contribution in [1.82, 2.24) is 9.80 Å². The first-order valence-electron chi connectivity index (χ1n) is 11.9. The van der Waals surface area contributed by atoms with Gasteiger partial charge in [0.2, 0.25) is 6.23 Å². The maximum absolute atomic E-state index is 11.5. The molecule has 2 unspecified atom stereocenters. The van der Waals surface area contributed by atoms with Gasteiger partial charge in [-0.05, 0) is 54.8 Å². The minimum atomic E-state index is -0.783. The largest absolute Gasteiger partial charge is 0.481 e. The Bertz CT molecular complexity index is 1280. The fourth-order valence-electron chi connectivity index (χ4n) is 4.60. The Morgan fingerprint density at radius 3 is 2.47 bits per heavy atom. The molecule has 0 radical (unpaired) electrons. The lowest BCUT2D eigenvalue weighted by atomic mass is 9.93. The first kappa shape index (κ1) is 24.2. The highest BCUT2D eigenvalue weighted by molar-refractivity contribution is 6.30. The quantitative estimate of drug-likeness (QED) is 0.442. The molecule has 36 heavy (non-hydrogen) atoms. The molecule has 3 aromatic carbocycles. The number of halogens is 1. The second-order valence-corrected chi connectivity index (χ2v) is 9.69. The average molecular weight is 506 g/mol. The van der Waals surface area contributed by atoms with Crippen molar-refractivity contribution in [2.45, 2.75) is 26.1 Å². The van der Waals surface area contributed by atoms with E-state index in [0.29, 0.717) is 23.9 Å². The molecule has 0 spiro atoms. The number of oxime groups is 1. The Morgan fingerprint density at radius 1 is 1.03 bits per heavy atom. The van der Waals surface area contributed by atoms with Gasteiger partial charge >= 0.3 is 5.97 Å². The smallest absolute Gasteiger partial charge is 0.309 e. The molecular formula is C28H28ClN3O4. The van der Waals surface area contributed by atoms with Crippen LogP contribution in [0, 0.1) is 19.8 Å². The Hall–Kier alpha value is -3.55. The number of ether oxygens (including phenoxy) is 1. The molecule has 0 aliphatic carbocycles. The number of carboxylic acids is 1. The normalized spacial score (nSPS) is 17.6. The summed E-state index contributed by atoms with van der Waals surface area (Å²) >= 11 is 6.37. The molecule has 2 aliphatic rings. The Labute approximate surface area is 215 Å². The third-order valence-corrected chi connectivity index (χ3v) is 7.01. The zero-order chi connectivity index (χ0) is 25.2. The van der Waals surface area contributed by atoms with Crippen molar-refractivity contribution in [3.05, 3.63) is 100 Å². The molecule has 0 aromatic heterocycles. The van der Waals surface area contributed by atoms with Crippen molar-refractivity contribution >= 4 is 23.4 Å². The van der Waals surface area contributed by atoms with Crippen LogP contribution in [0.3, 0.4) is 0 Å². The summed E-state index contributed by atoms with van der Waals surface area (Å²) in [5, 5.41) is 14.5. The number of nitrogens with zero attached hydrogens (tertiary/aromatic N) is 3. The van der Waals surface area contributed by atoms with E-state index in [2.05, 4.69) is 23.9 Å². The van der Waals surface area contributed by atoms with E-state index in [1.165, 1.54) is 5.56 Å². The van der Waals surface area contributed by atoms with Crippen LogP contribution in [0.4, 0.5) is 0 Å². The zero-order valence-corrected chi connectivity index (χ0v) is 20.9. The van der Waals surface area contributed by atoms with Gasteiger partial charge < -0.3 is 14.7 Å². The topological polar surface area (TPSA) is 74.6 Å². The number of carbonyl (C=O) groups is 1. The van der Waals surface area contributed by atoms with Gasteiger partial charge in [0.15, 0.2) is 12.6 Å². The Balaban J connectivity index is 1.52. The van der Waals surface area contributed by atoms with Gasteiger partial charge in [0, 0.05) is 23.7 Å². The van der Waals surface area contributed by atoms with Crippen LogP contribution in [-0.4, -0.2) is 46.5 Å². The van der Waals surface area contributed by atoms with E-state index in [1.807, 2.05) is 77.7 Å². The number of aryl methyl sites for hydroxylation is 2. The van der Waals surface area contributed by atoms with Crippen LogP contribution in [-0.2, 0) is 9.63 Å². The summed E-state index contributed by atoms with van der Waals surface area (Å²) in [4.78, 5) is 21.3. The van der Waals surface area contributed by atoms with Crippen LogP contribution in [0.25, 0.3) is 0 Å². The first-order valence-corrected chi connectivity index (χ1v) is 12.3. The maximum atomic E-state index is 11.5. The summed E-state index contributed by atoms with van der Waals surface area (Å²) in [5.74, 6) is 0.205. The second-order valence-electron chi connectivity index (χ2n) is 9.25. The zero-order valence-electron chi connectivity index (χ0n) is 20.2. The predicted octanol–water partition coefficient (Wildman–Crippen LogP) is 5.40. The molecule has 0 amide bonds. The second kappa shape index (κ2) is 10.2. The summed E-state index contributed by atoms with van der Waals surface area (Å²) in [6.45, 7) is 5.17. The molecule has 2 atom stereocenters. The summed E-state index contributed by atoms with van der Waals surface area (Å²) in [7, 11) is 0. The highest BCUT2D eigenvalue weighted by Crippen LogP contribution is 2.37. The molecule has 0 bridgehead atoms. The molecule has 7 nitrogen and oxygen atoms in total. The summed E-state index contributed by atoms with van der Waals surface area (Å²) in [6.07, 6.45) is -0.560. The number of hydrogen-bond donors (Lipinski definition) is 1. The SMILES string of the molecule is Cc1ccc(OC(c2cccc(Cl)c2)N2CON=C2C(c2ccccc2)N2CC(C(=O)O)C2)cc1C. The predicted molar refractivity (Wildman–Crippen MR) is 138 cm³/mol. The minimum absolute atomic E-state index is 0.191. The molecule has 8 heteroatoms. The Kier molecular flexibility index (Phi) is 6.85. The lowest BCUT2D eigenvalue weighted by Gasteiger charge is -2.44. The van der Waals surface area contributed by atoms with Crippen molar-refractivity contribution in [1.29, 1.82) is 0 Å². The van der Waals surface area contributed by atoms with E-state index in [4.69, 9.17) is 21.2 Å². The minimum Gasteiger partial charge on any atom is -0.481 e. The molecule has 2 heterocycles. The fourth-order valence-corrected chi connectivity index (χ4v) is 4.80. The average Bonchev–Trinajstić information content (AvgIpc) is 3.31. The van der Waals surface area contributed by atoms with Gasteiger partial charge in [-0.2, -0.15) is 0 Å². The number of hydrogen-bond acceptors (Lipinski definition) is 6. The lowest BCUT2D eigenvalue weighted by Crippen LogP contribution is -2.55. The number of carboxylic acid groups (broad SMARTS) is 1. The molecule has 3 aromatic rings. The molecule has 1 saturated heterocycles. The molecule has 1 fully saturated rings. The molecule has 1 N–H and O–H groups in total. The van der Waals surface area contributed by atoms with Crippen LogP contribution in [0.1, 0.15) is 34.5 Å². The van der Waals surface area contributed by atoms with Crippen LogP contribution in [0.5, 0.6) is 5.75 Å². The number of benzene rings is 3. The monoisotopic (exact) mass is 505 g/mol. The van der Waals surface area contributed by atoms with Crippen LogP contribution >= 0.6 is 11.6 Å². The number of likely N-dealkylation sites (tertiary alicyclic amines) is 1. The van der Waals surface area contributed by atoms with Crippen molar-refractivity contribution in [3.8, 4) is 5.75 Å². The standard InChI is InChI=1S/C28H28ClN3O4/c1-18-11-12-24(13-19(18)2)36-27(21-9-6-10-23(29)14-21)32-17-35-30-26(32)25(20-7-4-3-5-8-20)31-15-22(16-31)28(33)34/h3-14,22,25,27H,15-17H2,1-2H3,(H,33,34). The number of rotatable bonds is 8. The molecule has 186 valence electrons. The van der Waals surface area contributed by atoms with E-state index < -0.39 is 18.1 Å². The van der Waals surface area contributed by atoms with Crippen molar-refractivity contribution < 1.29 is 19.5 Å². The summed E-state index contributed by atoms with van der Waals surface area (Å²) in [6, 6.07) is 23.2. The van der Waals surface area contributed by atoms with E-state index in [9.17, 15) is 9.90 Å². The highest BCUT2D eigenvalue weighted by Gasteiger charge is 2.44. The van der Waals surface area contributed by atoms with Gasteiger partial charge in [0.25, 0.3) is 0 Å². The Morgan fingerprint density at radius 2 is 1.78 bits per heavy atom. The van der Waals surface area contributed by atoms with E-state index in [-0.39, 0.29) is 12.8 Å². The van der Waals surface area contributed by atoms with Gasteiger partial charge in [-0.1, -0.05) is 65.3 Å². The van der Waals surface area contributed by atoms with Crippen molar-refractivity contribution in [2.24, 2.45) is 11.1 Å². The van der Waals surface area contributed by atoms with Gasteiger partial charge in [-0.15, -0.1) is 0 Å². The van der Waals surface area contributed by atoms with Crippen LogP contribution < -0.4 is 4.74 Å². The van der Waals surface area contributed by atoms with E-state index in [1.54, 1.807) is 0 Å². The molecule has 0 saturated carbocycles. The van der Waals surface area contributed by atoms with Gasteiger partial charge in [-0.25, -0.2) is 0 Å². The van der Waals surface area contributed by atoms with Gasteiger partial charge in [-0.3, -0.25) is 14.6 Å². The number of aliphatic carboxylic acids is 1. The van der Waals surface area contributed by atoms with Crippen LogP contribution in [0.2, 0.25) is 5.02 Å². The van der Waals surface area contributed by atoms with Crippen LogP contribution in [0.15, 0.2) is 78.0 Å². The summed E-state index contributed by atoms with van der Waals surface area (Å²) in [5.41, 5.74) is 4.18. The van der Waals surface area contributed by atoms with Gasteiger partial charge in [0.05, 0.1) is 12.0 Å². The van der Waals surface area contributed by atoms with Crippen molar-refractivity contribution in [2.75, 3.05) is 19.8 Å². The number of amidine groups is 1. The van der Waals surface area contributed by atoms with Gasteiger partial charge in [0.1, 0.15) is 5.75 Å². The van der Waals surface area contributed by atoms with E-state index >= 15 is 0 Å². The summed E-state index contributed by atoms with van der Waals surface area (Å²) < 4.78 is 6.58. The fraction of sp³-hybridized carbons (Fsp3) is 0.286. The molecule has 2 aliphatic heterocycles. The molecular weight excluding hydrogens is 478 g/mol. The maximum Gasteiger partial charge on any atom is 0.309 e.